The first kappa shape index (κ1) is 19.3. The van der Waals surface area contributed by atoms with Gasteiger partial charge in [-0.3, -0.25) is 4.79 Å². The summed E-state index contributed by atoms with van der Waals surface area (Å²) in [5.74, 6) is 0. The highest BCUT2D eigenvalue weighted by Crippen LogP contribution is 2.81. The van der Waals surface area contributed by atoms with Crippen molar-refractivity contribution in [1.82, 2.24) is 0 Å². The zero-order valence-corrected chi connectivity index (χ0v) is 14.0. The molecule has 0 radical (unpaired) electrons. The van der Waals surface area contributed by atoms with Gasteiger partial charge in [-0.05, 0) is 0 Å². The van der Waals surface area contributed by atoms with E-state index in [2.05, 4.69) is 4.52 Å². The van der Waals surface area contributed by atoms with Gasteiger partial charge in [-0.2, -0.15) is 17.4 Å². The maximum atomic E-state index is 13.7. The van der Waals surface area contributed by atoms with E-state index in [1.807, 2.05) is 9.03 Å². The molecule has 1 rings (SSSR count). The zero-order chi connectivity index (χ0) is 16.7. The van der Waals surface area contributed by atoms with Gasteiger partial charge < -0.3 is 0 Å². The van der Waals surface area contributed by atoms with Crippen LogP contribution in [0.5, 0.6) is 0 Å². The van der Waals surface area contributed by atoms with Crippen molar-refractivity contribution in [2.24, 2.45) is 22.6 Å². The molecule has 1 aliphatic rings. The first-order valence-electron chi connectivity index (χ1n) is 4.29. The van der Waals surface area contributed by atoms with Crippen LogP contribution in [-0.4, -0.2) is 12.7 Å². The fourth-order valence-electron chi connectivity index (χ4n) is 0.967. The Balaban J connectivity index is 4.03. The third kappa shape index (κ3) is 6.11. The quantitative estimate of drug-likeness (QED) is 0.238. The van der Waals surface area contributed by atoms with Crippen molar-refractivity contribution >= 4 is 44.5 Å². The molecule has 2 unspecified atom stereocenters. The van der Waals surface area contributed by atoms with Crippen LogP contribution < -0.4 is 0 Å². The summed E-state index contributed by atoms with van der Waals surface area (Å²) in [6.07, 6.45) is 0. The standard InChI is InChI=1S/C2H4F8N5OP5/c1-17(3)11-18(4,2-16)13-20(7,8)15-21(9,10)14-19(5,6)12-17/h2H,1H3. The molecular formula is C2H4F8N5OP5. The van der Waals surface area contributed by atoms with Crippen LogP contribution in [0.1, 0.15) is 0 Å². The van der Waals surface area contributed by atoms with E-state index in [1.54, 1.807) is 0 Å². The molecule has 0 aliphatic carbocycles. The van der Waals surface area contributed by atoms with Crippen LogP contribution in [0.4, 0.5) is 33.6 Å². The van der Waals surface area contributed by atoms with Crippen LogP contribution >= 0.6 is 38.5 Å². The summed E-state index contributed by atoms with van der Waals surface area (Å²) in [5, 5.41) is 0. The number of hydrogen-bond acceptors (Lipinski definition) is 6. The maximum absolute atomic E-state index is 13.7. The average Bonchev–Trinajstić information content (AvgIpc) is 2.06. The van der Waals surface area contributed by atoms with Gasteiger partial charge in [-0.1, -0.05) is 0 Å². The molecule has 19 heteroatoms. The smallest absolute Gasteiger partial charge is 0.292 e. The second-order valence-corrected chi connectivity index (χ2v) is 12.6. The van der Waals surface area contributed by atoms with Gasteiger partial charge in [0.15, 0.2) is 0 Å². The summed E-state index contributed by atoms with van der Waals surface area (Å²) in [6, 6.07) is -0.935. The van der Waals surface area contributed by atoms with Crippen molar-refractivity contribution in [2.75, 3.05) is 6.66 Å². The highest BCUT2D eigenvalue weighted by atomic mass is 31.3. The first-order chi connectivity index (χ1) is 9.10. The van der Waals surface area contributed by atoms with Gasteiger partial charge in [-0.15, -0.1) is 38.7 Å². The minimum atomic E-state index is -6.62. The lowest BCUT2D eigenvalue weighted by Gasteiger charge is -2.12. The maximum Gasteiger partial charge on any atom is 0.425 e. The topological polar surface area (TPSA) is 78.9 Å². The van der Waals surface area contributed by atoms with Crippen LogP contribution in [-0.2, 0) is 4.79 Å². The van der Waals surface area contributed by atoms with Gasteiger partial charge in [-0.25, -0.2) is 0 Å². The van der Waals surface area contributed by atoms with E-state index in [-0.39, 0.29) is 6.66 Å². The molecule has 0 bridgehead atoms. The van der Waals surface area contributed by atoms with E-state index in [1.165, 1.54) is 9.03 Å². The molecule has 0 aromatic heterocycles. The molecule has 0 N–H and O–H groups in total. The van der Waals surface area contributed by atoms with Crippen LogP contribution in [0.3, 0.4) is 0 Å². The molecular weight excluding hydrogens is 417 g/mol. The Morgan fingerprint density at radius 2 is 1.05 bits per heavy atom. The predicted octanol–water partition coefficient (Wildman–Crippen LogP) is 8.48. The zero-order valence-electron chi connectivity index (χ0n) is 9.48. The Hall–Kier alpha value is 0.260. The number of halogens is 8. The molecule has 0 fully saturated rings. The third-order valence-electron chi connectivity index (χ3n) is 1.36. The second kappa shape index (κ2) is 5.72. The highest BCUT2D eigenvalue weighted by Gasteiger charge is 2.37. The predicted molar refractivity (Wildman–Crippen MR) is 68.3 cm³/mol. The SMILES string of the molecule is CP1(F)=NP(F)(C=O)=NP(F)(F)=NP(F)(F)=NP(F)(F)=N1. The Kier molecular flexibility index (Phi) is 5.26. The molecule has 0 saturated carbocycles. The van der Waals surface area contributed by atoms with Gasteiger partial charge in [0.25, 0.3) is 0 Å². The van der Waals surface area contributed by atoms with Crippen molar-refractivity contribution in [1.29, 1.82) is 0 Å². The Morgan fingerprint density at radius 1 is 0.667 bits per heavy atom. The lowest BCUT2D eigenvalue weighted by molar-refractivity contribution is 0.566. The fourth-order valence-corrected chi connectivity index (χ4v) is 10.3. The lowest BCUT2D eigenvalue weighted by Crippen LogP contribution is -1.74. The first-order valence-corrected chi connectivity index (χ1v) is 12.4. The normalized spacial score (nSPS) is 37.6. The fraction of sp³-hybridized carbons (Fsp3) is 0.500. The average molecular weight is 421 g/mol. The van der Waals surface area contributed by atoms with Crippen LogP contribution in [0.15, 0.2) is 22.6 Å². The molecule has 0 aromatic carbocycles. The number of carbonyl (C=O) groups excluding carboxylic acids is 1. The van der Waals surface area contributed by atoms with Gasteiger partial charge in [0, 0.05) is 6.66 Å². The minimum Gasteiger partial charge on any atom is -0.292 e. The summed E-state index contributed by atoms with van der Waals surface area (Å²) in [5.41, 5.74) is 0. The van der Waals surface area contributed by atoms with Gasteiger partial charge in [0.1, 0.15) is 0 Å². The number of carbonyl (C=O) groups is 1. The number of rotatable bonds is 1. The molecule has 21 heavy (non-hydrogen) atoms. The molecule has 1 heterocycles. The monoisotopic (exact) mass is 421 g/mol. The van der Waals surface area contributed by atoms with Crippen LogP contribution in [0.25, 0.3) is 0 Å². The number of hydrogen-bond donors (Lipinski definition) is 0. The van der Waals surface area contributed by atoms with Crippen molar-refractivity contribution in [3.63, 3.8) is 0 Å². The van der Waals surface area contributed by atoms with Crippen molar-refractivity contribution in [3.05, 3.63) is 0 Å². The molecule has 124 valence electrons. The molecule has 0 saturated heterocycles. The molecule has 2 atom stereocenters. The van der Waals surface area contributed by atoms with Gasteiger partial charge >= 0.3 is 31.0 Å². The van der Waals surface area contributed by atoms with E-state index in [4.69, 9.17) is 0 Å². The largest absolute Gasteiger partial charge is 0.425 e. The van der Waals surface area contributed by atoms with Gasteiger partial charge in [0.05, 0.1) is 0 Å². The van der Waals surface area contributed by atoms with Gasteiger partial charge in [0.2, 0.25) is 13.5 Å². The summed E-state index contributed by atoms with van der Waals surface area (Å²) >= 11 is 0. The highest BCUT2D eigenvalue weighted by molar-refractivity contribution is 7.85. The molecule has 1 aliphatic heterocycles. The van der Waals surface area contributed by atoms with E-state index < -0.39 is 44.5 Å². The summed E-state index contributed by atoms with van der Waals surface area (Å²) in [4.78, 5) is 10.4. The Labute approximate surface area is 113 Å². The second-order valence-electron chi connectivity index (χ2n) is 3.30. The summed E-state index contributed by atoms with van der Waals surface area (Å²) in [7, 11) is -30.4. The molecule has 0 amide bonds. The molecule has 6 nitrogen and oxygen atoms in total. The molecule has 0 spiro atoms. The summed E-state index contributed by atoms with van der Waals surface area (Å²) < 4.78 is 115. The van der Waals surface area contributed by atoms with E-state index in [0.29, 0.717) is 0 Å². The van der Waals surface area contributed by atoms with Crippen LogP contribution in [0.2, 0.25) is 0 Å². The minimum absolute atomic E-state index is 0.176. The lowest BCUT2D eigenvalue weighted by atomic mass is 11.8. The van der Waals surface area contributed by atoms with E-state index in [0.717, 1.165) is 0 Å². The van der Waals surface area contributed by atoms with E-state index in [9.17, 15) is 38.4 Å². The van der Waals surface area contributed by atoms with Crippen molar-refractivity contribution < 1.29 is 38.4 Å². The summed E-state index contributed by atoms with van der Waals surface area (Å²) in [6.45, 7) is 0.176. The Bertz CT molecular complexity index is 721. The van der Waals surface area contributed by atoms with E-state index >= 15 is 0 Å². The Morgan fingerprint density at radius 3 is 1.48 bits per heavy atom. The van der Waals surface area contributed by atoms with Crippen molar-refractivity contribution in [2.45, 2.75) is 0 Å². The van der Waals surface area contributed by atoms with Crippen LogP contribution in [0, 0.1) is 0 Å². The van der Waals surface area contributed by atoms with Crippen molar-refractivity contribution in [3.8, 4) is 0 Å². The number of nitrogens with zero attached hydrogens (tertiary/aromatic N) is 5. The molecule has 0 aromatic rings. The third-order valence-corrected chi connectivity index (χ3v) is 11.4.